The molecule has 3 aromatic rings. The van der Waals surface area contributed by atoms with Crippen LogP contribution in [0.15, 0.2) is 70.9 Å². The molecule has 33 heavy (non-hydrogen) atoms. The van der Waals surface area contributed by atoms with E-state index < -0.39 is 35.2 Å². The second-order valence-corrected chi connectivity index (χ2v) is 7.41. The van der Waals surface area contributed by atoms with E-state index >= 15 is 0 Å². The number of ether oxygens (including phenoxy) is 1. The second kappa shape index (κ2) is 8.16. The first-order valence-electron chi connectivity index (χ1n) is 9.80. The van der Waals surface area contributed by atoms with Gasteiger partial charge in [-0.25, -0.2) is 0 Å². The van der Waals surface area contributed by atoms with Crippen LogP contribution in [0.3, 0.4) is 0 Å². The molecule has 0 aliphatic carbocycles. The monoisotopic (exact) mass is 457 g/mol. The van der Waals surface area contributed by atoms with E-state index in [4.69, 9.17) is 9.15 Å². The molecule has 1 aliphatic heterocycles. The number of Topliss-reactive ketones (excluding diaryl/α,β-unsaturated/α-hetero) is 1. The van der Waals surface area contributed by atoms with Crippen LogP contribution in [0.4, 0.5) is 18.9 Å². The number of alkyl halides is 3. The number of carbonyl (C=O) groups is 2. The first-order chi connectivity index (χ1) is 15.6. The number of methoxy groups -OCH3 is 1. The predicted octanol–water partition coefficient (Wildman–Crippen LogP) is 5.24. The Morgan fingerprint density at radius 1 is 1.09 bits per heavy atom. The van der Waals surface area contributed by atoms with Gasteiger partial charge in [0.25, 0.3) is 11.7 Å². The lowest BCUT2D eigenvalue weighted by atomic mass is 9.96. The molecule has 1 aliphatic rings. The molecule has 0 radical (unpaired) electrons. The quantitative estimate of drug-likeness (QED) is 0.329. The van der Waals surface area contributed by atoms with Gasteiger partial charge in [0.05, 0.1) is 24.5 Å². The number of aryl methyl sites for hydroxylation is 1. The number of anilines is 1. The summed E-state index contributed by atoms with van der Waals surface area (Å²) in [5.41, 5.74) is -0.185. The topological polar surface area (TPSA) is 80.0 Å². The summed E-state index contributed by atoms with van der Waals surface area (Å²) >= 11 is 0. The highest BCUT2D eigenvalue weighted by molar-refractivity contribution is 6.51. The van der Waals surface area contributed by atoms with Crippen molar-refractivity contribution in [2.75, 3.05) is 12.0 Å². The zero-order valence-electron chi connectivity index (χ0n) is 17.5. The van der Waals surface area contributed by atoms with Crippen molar-refractivity contribution in [3.63, 3.8) is 0 Å². The lowest BCUT2D eigenvalue weighted by Crippen LogP contribution is -2.29. The highest BCUT2D eigenvalue weighted by Crippen LogP contribution is 2.43. The summed E-state index contributed by atoms with van der Waals surface area (Å²) in [6.45, 7) is 1.70. The number of nitrogens with zero attached hydrogens (tertiary/aromatic N) is 1. The fraction of sp³-hybridized carbons (Fsp3) is 0.167. The van der Waals surface area contributed by atoms with Crippen LogP contribution in [0.1, 0.15) is 28.5 Å². The third-order valence-corrected chi connectivity index (χ3v) is 5.42. The van der Waals surface area contributed by atoms with Gasteiger partial charge in [-0.3, -0.25) is 14.5 Å². The number of ketones is 1. The molecule has 1 saturated heterocycles. The molecule has 1 N–H and O–H groups in total. The van der Waals surface area contributed by atoms with Crippen LogP contribution >= 0.6 is 0 Å². The predicted molar refractivity (Wildman–Crippen MR) is 113 cm³/mol. The maximum Gasteiger partial charge on any atom is 0.416 e. The van der Waals surface area contributed by atoms with E-state index in [0.29, 0.717) is 16.9 Å². The zero-order valence-corrected chi connectivity index (χ0v) is 17.5. The van der Waals surface area contributed by atoms with Gasteiger partial charge in [-0.1, -0.05) is 0 Å². The van der Waals surface area contributed by atoms with Crippen LogP contribution in [0.2, 0.25) is 0 Å². The number of hydrogen-bond acceptors (Lipinski definition) is 5. The van der Waals surface area contributed by atoms with Crippen molar-refractivity contribution < 1.29 is 37.0 Å². The number of aliphatic hydroxyl groups is 1. The van der Waals surface area contributed by atoms with Gasteiger partial charge in [0.2, 0.25) is 0 Å². The molecule has 2 aromatic carbocycles. The van der Waals surface area contributed by atoms with E-state index in [0.717, 1.165) is 29.2 Å². The summed E-state index contributed by atoms with van der Waals surface area (Å²) in [6.07, 6.45) is -3.22. The first-order valence-corrected chi connectivity index (χ1v) is 9.80. The van der Waals surface area contributed by atoms with Gasteiger partial charge < -0.3 is 14.3 Å². The fourth-order valence-electron chi connectivity index (χ4n) is 3.80. The normalized spacial score (nSPS) is 18.1. The third kappa shape index (κ3) is 3.86. The van der Waals surface area contributed by atoms with Crippen molar-refractivity contribution >= 4 is 23.1 Å². The molecule has 0 bridgehead atoms. The molecule has 1 atom stereocenters. The molecule has 9 heteroatoms. The smallest absolute Gasteiger partial charge is 0.416 e. The lowest BCUT2D eigenvalue weighted by molar-refractivity contribution is -0.137. The van der Waals surface area contributed by atoms with E-state index in [2.05, 4.69) is 0 Å². The number of carbonyl (C=O) groups excluding carboxylic acids is 2. The molecule has 170 valence electrons. The summed E-state index contributed by atoms with van der Waals surface area (Å²) in [6, 6.07) is 10.5. The van der Waals surface area contributed by atoms with Crippen molar-refractivity contribution in [1.29, 1.82) is 0 Å². The van der Waals surface area contributed by atoms with Gasteiger partial charge in [0.1, 0.15) is 23.3 Å². The minimum absolute atomic E-state index is 0.0528. The van der Waals surface area contributed by atoms with Crippen molar-refractivity contribution in [2.24, 2.45) is 0 Å². The van der Waals surface area contributed by atoms with Crippen LogP contribution < -0.4 is 9.64 Å². The molecule has 1 amide bonds. The number of furan rings is 1. The van der Waals surface area contributed by atoms with E-state index in [1.54, 1.807) is 31.2 Å². The molecule has 1 unspecified atom stereocenters. The molecular weight excluding hydrogens is 439 g/mol. The Hall–Kier alpha value is -4.01. The van der Waals surface area contributed by atoms with E-state index in [-0.39, 0.29) is 17.0 Å². The van der Waals surface area contributed by atoms with Crippen molar-refractivity contribution in [1.82, 2.24) is 0 Å². The van der Waals surface area contributed by atoms with Crippen molar-refractivity contribution in [3.05, 3.63) is 88.9 Å². The minimum Gasteiger partial charge on any atom is -0.507 e. The third-order valence-electron chi connectivity index (χ3n) is 5.42. The standard InChI is InChI=1S/C24H18F3NO5/c1-13-12-16(32-2)9-10-17(13)21(29)19-20(18-4-3-11-33-18)28(23(31)22(19)30)15-7-5-14(6-8-15)24(25,26)27/h3-12,20,29H,1-2H3/b21-19-. The van der Waals surface area contributed by atoms with E-state index in [1.165, 1.54) is 19.4 Å². The Labute approximate surface area is 186 Å². The SMILES string of the molecule is COc1ccc(/C(O)=C2/C(=O)C(=O)N(c3ccc(C(F)(F)F)cc3)C2c2ccco2)c(C)c1. The number of benzene rings is 2. The minimum atomic E-state index is -4.56. The largest absolute Gasteiger partial charge is 0.507 e. The average Bonchev–Trinajstić information content (AvgIpc) is 3.40. The Kier molecular flexibility index (Phi) is 5.49. The number of hydrogen-bond donors (Lipinski definition) is 1. The number of aliphatic hydroxyl groups excluding tert-OH is 1. The highest BCUT2D eigenvalue weighted by atomic mass is 19.4. The van der Waals surface area contributed by atoms with Crippen LogP contribution in [-0.4, -0.2) is 23.9 Å². The van der Waals surface area contributed by atoms with Crippen molar-refractivity contribution in [3.8, 4) is 5.75 Å². The van der Waals surface area contributed by atoms with Gasteiger partial charge >= 0.3 is 6.18 Å². The Bertz CT molecular complexity index is 1240. The molecular formula is C24H18F3NO5. The van der Waals surface area contributed by atoms with Gasteiger partial charge in [0, 0.05) is 11.3 Å². The molecule has 0 spiro atoms. The van der Waals surface area contributed by atoms with Gasteiger partial charge in [-0.15, -0.1) is 0 Å². The average molecular weight is 457 g/mol. The molecule has 4 rings (SSSR count). The molecule has 6 nitrogen and oxygen atoms in total. The second-order valence-electron chi connectivity index (χ2n) is 7.41. The van der Waals surface area contributed by atoms with Gasteiger partial charge in [-0.2, -0.15) is 13.2 Å². The highest BCUT2D eigenvalue weighted by Gasteiger charge is 2.48. The zero-order chi connectivity index (χ0) is 23.9. The van der Waals surface area contributed by atoms with Crippen LogP contribution in [-0.2, 0) is 15.8 Å². The first kappa shape index (κ1) is 22.2. The number of rotatable bonds is 4. The van der Waals surface area contributed by atoms with Crippen LogP contribution in [0.25, 0.3) is 5.76 Å². The summed E-state index contributed by atoms with van der Waals surface area (Å²) in [5, 5.41) is 11.1. The summed E-state index contributed by atoms with van der Waals surface area (Å²) < 4.78 is 49.5. The van der Waals surface area contributed by atoms with Gasteiger partial charge in [0.15, 0.2) is 0 Å². The Morgan fingerprint density at radius 2 is 1.79 bits per heavy atom. The molecule has 2 heterocycles. The molecule has 1 fully saturated rings. The maximum atomic E-state index is 13.0. The van der Waals surface area contributed by atoms with Crippen LogP contribution in [0.5, 0.6) is 5.75 Å². The number of amides is 1. The van der Waals surface area contributed by atoms with Gasteiger partial charge in [-0.05, 0) is 67.1 Å². The summed E-state index contributed by atoms with van der Waals surface area (Å²) in [4.78, 5) is 27.0. The lowest BCUT2D eigenvalue weighted by Gasteiger charge is -2.24. The summed E-state index contributed by atoms with van der Waals surface area (Å²) in [7, 11) is 1.49. The van der Waals surface area contributed by atoms with Crippen molar-refractivity contribution in [2.45, 2.75) is 19.1 Å². The Balaban J connectivity index is 1.88. The molecule has 1 aromatic heterocycles. The Morgan fingerprint density at radius 3 is 2.33 bits per heavy atom. The van der Waals surface area contributed by atoms with Crippen LogP contribution in [0, 0.1) is 6.92 Å². The van der Waals surface area contributed by atoms with E-state index in [1.807, 2.05) is 0 Å². The van der Waals surface area contributed by atoms with E-state index in [9.17, 15) is 27.9 Å². The number of halogens is 3. The maximum absolute atomic E-state index is 13.0. The molecule has 0 saturated carbocycles. The fourth-order valence-corrected chi connectivity index (χ4v) is 3.80. The summed E-state index contributed by atoms with van der Waals surface area (Å²) in [5.74, 6) is -1.70.